The second kappa shape index (κ2) is 4.97. The standard InChI is InChI=1S/C12H16ClNO/c1-9-8-15-12(7-14-9)6-10-3-2-4-11(13)5-10/h2-5,9,12,14H,6-8H2,1H3. The summed E-state index contributed by atoms with van der Waals surface area (Å²) in [5, 5.41) is 4.20. The van der Waals surface area contributed by atoms with Crippen LogP contribution in [0.3, 0.4) is 0 Å². The zero-order chi connectivity index (χ0) is 10.7. The van der Waals surface area contributed by atoms with Gasteiger partial charge in [-0.3, -0.25) is 0 Å². The Bertz CT molecular complexity index is 321. The van der Waals surface area contributed by atoms with Crippen molar-refractivity contribution in [1.29, 1.82) is 0 Å². The van der Waals surface area contributed by atoms with E-state index in [0.717, 1.165) is 24.6 Å². The summed E-state index contributed by atoms with van der Waals surface area (Å²) in [6, 6.07) is 8.44. The minimum absolute atomic E-state index is 0.277. The van der Waals surface area contributed by atoms with E-state index in [4.69, 9.17) is 16.3 Å². The zero-order valence-corrected chi connectivity index (χ0v) is 9.63. The van der Waals surface area contributed by atoms with Crippen molar-refractivity contribution in [3.8, 4) is 0 Å². The molecule has 2 rings (SSSR count). The highest BCUT2D eigenvalue weighted by Crippen LogP contribution is 2.14. The summed E-state index contributed by atoms with van der Waals surface area (Å²) in [5.41, 5.74) is 1.24. The van der Waals surface area contributed by atoms with Crippen molar-refractivity contribution in [3.63, 3.8) is 0 Å². The topological polar surface area (TPSA) is 21.3 Å². The summed E-state index contributed by atoms with van der Waals surface area (Å²) in [4.78, 5) is 0. The molecular formula is C12H16ClNO. The molecule has 2 unspecified atom stereocenters. The van der Waals surface area contributed by atoms with Crippen LogP contribution in [0.1, 0.15) is 12.5 Å². The Labute approximate surface area is 95.6 Å². The molecule has 15 heavy (non-hydrogen) atoms. The van der Waals surface area contributed by atoms with Crippen LogP contribution in [0, 0.1) is 0 Å². The molecule has 1 saturated heterocycles. The lowest BCUT2D eigenvalue weighted by Crippen LogP contribution is -2.45. The smallest absolute Gasteiger partial charge is 0.0740 e. The maximum atomic E-state index is 5.93. The number of nitrogens with one attached hydrogen (secondary N) is 1. The lowest BCUT2D eigenvalue weighted by molar-refractivity contribution is 0.00882. The second-order valence-electron chi connectivity index (χ2n) is 4.10. The van der Waals surface area contributed by atoms with Gasteiger partial charge in [-0.15, -0.1) is 0 Å². The van der Waals surface area contributed by atoms with Crippen molar-refractivity contribution in [2.45, 2.75) is 25.5 Å². The number of ether oxygens (including phenoxy) is 1. The van der Waals surface area contributed by atoms with Crippen molar-refractivity contribution in [1.82, 2.24) is 5.32 Å². The van der Waals surface area contributed by atoms with Crippen molar-refractivity contribution in [2.24, 2.45) is 0 Å². The van der Waals surface area contributed by atoms with Crippen LogP contribution in [-0.2, 0) is 11.2 Å². The molecule has 0 bridgehead atoms. The summed E-state index contributed by atoms with van der Waals surface area (Å²) in [5.74, 6) is 0. The second-order valence-corrected chi connectivity index (χ2v) is 4.54. The maximum Gasteiger partial charge on any atom is 0.0740 e. The third-order valence-electron chi connectivity index (χ3n) is 2.63. The SMILES string of the molecule is CC1COC(Cc2cccc(Cl)c2)CN1. The van der Waals surface area contributed by atoms with E-state index in [-0.39, 0.29) is 6.10 Å². The molecule has 1 heterocycles. The minimum atomic E-state index is 0.277. The van der Waals surface area contributed by atoms with Crippen LogP contribution in [0.5, 0.6) is 0 Å². The van der Waals surface area contributed by atoms with Gasteiger partial charge in [-0.05, 0) is 31.0 Å². The number of rotatable bonds is 2. The molecular weight excluding hydrogens is 210 g/mol. The molecule has 1 fully saturated rings. The molecule has 2 atom stereocenters. The molecule has 82 valence electrons. The highest BCUT2D eigenvalue weighted by Gasteiger charge is 2.17. The Morgan fingerprint density at radius 2 is 2.40 bits per heavy atom. The van der Waals surface area contributed by atoms with E-state index in [2.05, 4.69) is 18.3 Å². The number of benzene rings is 1. The van der Waals surface area contributed by atoms with Crippen LogP contribution in [0.25, 0.3) is 0 Å². The normalized spacial score (nSPS) is 26.5. The number of hydrogen-bond donors (Lipinski definition) is 1. The Hall–Kier alpha value is -0.570. The van der Waals surface area contributed by atoms with Crippen molar-refractivity contribution in [3.05, 3.63) is 34.9 Å². The van der Waals surface area contributed by atoms with E-state index in [0.29, 0.717) is 6.04 Å². The van der Waals surface area contributed by atoms with Gasteiger partial charge < -0.3 is 10.1 Å². The predicted octanol–water partition coefficient (Wildman–Crippen LogP) is 2.26. The Morgan fingerprint density at radius 1 is 1.53 bits per heavy atom. The van der Waals surface area contributed by atoms with Crippen molar-refractivity contribution >= 4 is 11.6 Å². The first-order valence-corrected chi connectivity index (χ1v) is 5.71. The van der Waals surface area contributed by atoms with Gasteiger partial charge in [-0.2, -0.15) is 0 Å². The quantitative estimate of drug-likeness (QED) is 0.834. The van der Waals surface area contributed by atoms with Crippen LogP contribution in [-0.4, -0.2) is 25.3 Å². The van der Waals surface area contributed by atoms with Gasteiger partial charge in [-0.1, -0.05) is 23.7 Å². The highest BCUT2D eigenvalue weighted by atomic mass is 35.5. The predicted molar refractivity (Wildman–Crippen MR) is 62.4 cm³/mol. The lowest BCUT2D eigenvalue weighted by Gasteiger charge is -2.28. The monoisotopic (exact) mass is 225 g/mol. The van der Waals surface area contributed by atoms with Gasteiger partial charge in [0.2, 0.25) is 0 Å². The van der Waals surface area contributed by atoms with Gasteiger partial charge in [0.15, 0.2) is 0 Å². The van der Waals surface area contributed by atoms with E-state index in [1.165, 1.54) is 5.56 Å². The Morgan fingerprint density at radius 3 is 3.07 bits per heavy atom. The van der Waals surface area contributed by atoms with Crippen LogP contribution in [0.4, 0.5) is 0 Å². The summed E-state index contributed by atoms with van der Waals surface area (Å²) in [7, 11) is 0. The molecule has 1 N–H and O–H groups in total. The van der Waals surface area contributed by atoms with Gasteiger partial charge in [0, 0.05) is 17.6 Å². The van der Waals surface area contributed by atoms with Gasteiger partial charge >= 0.3 is 0 Å². The van der Waals surface area contributed by atoms with Crippen LogP contribution in [0.15, 0.2) is 24.3 Å². The fraction of sp³-hybridized carbons (Fsp3) is 0.500. The largest absolute Gasteiger partial charge is 0.375 e. The van der Waals surface area contributed by atoms with E-state index in [1.54, 1.807) is 0 Å². The first-order chi connectivity index (χ1) is 7.24. The molecule has 0 aromatic heterocycles. The molecule has 3 heteroatoms. The van der Waals surface area contributed by atoms with Crippen molar-refractivity contribution in [2.75, 3.05) is 13.2 Å². The average Bonchev–Trinajstić information content (AvgIpc) is 2.22. The molecule has 0 amide bonds. The molecule has 1 aromatic rings. The summed E-state index contributed by atoms with van der Waals surface area (Å²) < 4.78 is 5.73. The fourth-order valence-electron chi connectivity index (χ4n) is 1.79. The Balaban J connectivity index is 1.92. The maximum absolute atomic E-state index is 5.93. The number of morpholine rings is 1. The van der Waals surface area contributed by atoms with E-state index in [9.17, 15) is 0 Å². The summed E-state index contributed by atoms with van der Waals surface area (Å²) in [6.45, 7) is 3.86. The molecule has 1 aliphatic heterocycles. The van der Waals surface area contributed by atoms with E-state index in [1.807, 2.05) is 18.2 Å². The molecule has 2 nitrogen and oxygen atoms in total. The zero-order valence-electron chi connectivity index (χ0n) is 8.87. The van der Waals surface area contributed by atoms with Gasteiger partial charge in [0.25, 0.3) is 0 Å². The summed E-state index contributed by atoms with van der Waals surface area (Å²) >= 11 is 5.93. The van der Waals surface area contributed by atoms with Gasteiger partial charge in [0.05, 0.1) is 12.7 Å². The lowest BCUT2D eigenvalue weighted by atomic mass is 10.1. The third-order valence-corrected chi connectivity index (χ3v) is 2.86. The minimum Gasteiger partial charge on any atom is -0.375 e. The van der Waals surface area contributed by atoms with Crippen molar-refractivity contribution < 1.29 is 4.74 Å². The number of halogens is 1. The van der Waals surface area contributed by atoms with E-state index >= 15 is 0 Å². The first kappa shape index (κ1) is 10.9. The summed E-state index contributed by atoms with van der Waals surface area (Å²) in [6.07, 6.45) is 1.21. The van der Waals surface area contributed by atoms with E-state index < -0.39 is 0 Å². The first-order valence-electron chi connectivity index (χ1n) is 5.33. The molecule has 1 aliphatic rings. The average molecular weight is 226 g/mol. The molecule has 0 saturated carbocycles. The molecule has 0 spiro atoms. The fourth-order valence-corrected chi connectivity index (χ4v) is 2.00. The van der Waals surface area contributed by atoms with Gasteiger partial charge in [0.1, 0.15) is 0 Å². The van der Waals surface area contributed by atoms with Gasteiger partial charge in [-0.25, -0.2) is 0 Å². The molecule has 0 aliphatic carbocycles. The number of hydrogen-bond acceptors (Lipinski definition) is 2. The van der Waals surface area contributed by atoms with Crippen LogP contribution >= 0.6 is 11.6 Å². The molecule has 1 aromatic carbocycles. The molecule has 0 radical (unpaired) electrons. The highest BCUT2D eigenvalue weighted by molar-refractivity contribution is 6.30. The van der Waals surface area contributed by atoms with Crippen LogP contribution < -0.4 is 5.32 Å². The Kier molecular flexibility index (Phi) is 3.62. The third kappa shape index (κ3) is 3.20. The van der Waals surface area contributed by atoms with Crippen LogP contribution in [0.2, 0.25) is 5.02 Å².